The lowest BCUT2D eigenvalue weighted by Crippen LogP contribution is -2.29. The molecule has 1 unspecified atom stereocenters. The number of carbonyl (C=O) groups is 1. The third kappa shape index (κ3) is 3.10. The van der Waals surface area contributed by atoms with E-state index in [9.17, 15) is 13.8 Å². The number of halogens is 1. The summed E-state index contributed by atoms with van der Waals surface area (Å²) in [6, 6.07) is 12.9. The van der Waals surface area contributed by atoms with E-state index in [2.05, 4.69) is 10.1 Å². The number of fused-ring (bicyclic) bond motifs is 1. The van der Waals surface area contributed by atoms with Crippen molar-refractivity contribution in [1.29, 1.82) is 0 Å². The van der Waals surface area contributed by atoms with Gasteiger partial charge in [0.05, 0.1) is 27.6 Å². The van der Waals surface area contributed by atoms with Crippen LogP contribution in [0, 0.1) is 0 Å². The fourth-order valence-corrected chi connectivity index (χ4v) is 3.90. The summed E-state index contributed by atoms with van der Waals surface area (Å²) in [6.45, 7) is 0. The van der Waals surface area contributed by atoms with Gasteiger partial charge in [-0.15, -0.1) is 0 Å². The zero-order chi connectivity index (χ0) is 19.8. The fourth-order valence-electron chi connectivity index (χ4n) is 2.61. The van der Waals surface area contributed by atoms with E-state index in [0.29, 0.717) is 9.92 Å². The van der Waals surface area contributed by atoms with Gasteiger partial charge in [-0.25, -0.2) is 18.7 Å². The minimum Gasteiger partial charge on any atom is -0.478 e. The predicted octanol–water partition coefficient (Wildman–Crippen LogP) is 2.50. The van der Waals surface area contributed by atoms with Crippen LogP contribution in [0.4, 0.5) is 0 Å². The second-order valence-corrected chi connectivity index (χ2v) is 7.49. The van der Waals surface area contributed by atoms with E-state index in [1.54, 1.807) is 36.4 Å². The van der Waals surface area contributed by atoms with Gasteiger partial charge in [0.1, 0.15) is 0 Å². The Morgan fingerprint density at radius 3 is 2.57 bits per heavy atom. The van der Waals surface area contributed by atoms with Crippen molar-refractivity contribution in [2.75, 3.05) is 0 Å². The number of aromatic nitrogens is 4. The van der Waals surface area contributed by atoms with Gasteiger partial charge in [0.2, 0.25) is 5.95 Å². The van der Waals surface area contributed by atoms with Crippen LogP contribution < -0.4 is 5.56 Å². The van der Waals surface area contributed by atoms with Crippen molar-refractivity contribution in [2.45, 2.75) is 4.90 Å². The van der Waals surface area contributed by atoms with Gasteiger partial charge in [-0.3, -0.25) is 4.79 Å². The lowest BCUT2D eigenvalue weighted by Gasteiger charge is -2.12. The smallest absolute Gasteiger partial charge is 0.338 e. The van der Waals surface area contributed by atoms with E-state index in [0.717, 1.165) is 14.9 Å². The van der Waals surface area contributed by atoms with Crippen LogP contribution in [0.25, 0.3) is 16.9 Å². The summed E-state index contributed by atoms with van der Waals surface area (Å²) in [5, 5.41) is 13.7. The number of nitrogens with zero attached hydrogens (tertiary/aromatic N) is 4. The van der Waals surface area contributed by atoms with Crippen LogP contribution >= 0.6 is 11.6 Å². The van der Waals surface area contributed by atoms with Gasteiger partial charge in [-0.05, 0) is 30.3 Å². The van der Waals surface area contributed by atoms with E-state index in [1.807, 2.05) is 0 Å². The average Bonchev–Trinajstić information content (AvgIpc) is 3.18. The Labute approximate surface area is 165 Å². The average molecular weight is 415 g/mol. The minimum atomic E-state index is -1.93. The molecule has 0 bridgehead atoms. The monoisotopic (exact) mass is 414 g/mol. The maximum absolute atomic E-state index is 13.2. The predicted molar refractivity (Wildman–Crippen MR) is 103 cm³/mol. The molecule has 140 valence electrons. The third-order valence-corrected chi connectivity index (χ3v) is 5.49. The van der Waals surface area contributed by atoms with Gasteiger partial charge < -0.3 is 5.11 Å². The van der Waals surface area contributed by atoms with Crippen molar-refractivity contribution in [2.24, 2.45) is 0 Å². The van der Waals surface area contributed by atoms with Crippen molar-refractivity contribution >= 4 is 39.5 Å². The van der Waals surface area contributed by atoms with E-state index < -0.39 is 22.5 Å². The van der Waals surface area contributed by atoms with Crippen LogP contribution in [0.15, 0.2) is 70.6 Å². The Kier molecular flexibility index (Phi) is 4.54. The first-order valence-electron chi connectivity index (χ1n) is 7.93. The SMILES string of the molecule is O=C(O)c1cnn(-c2nc3cc(Cl)ccc3c(=O)n2S(=O)c2ccccc2)c1. The highest BCUT2D eigenvalue weighted by molar-refractivity contribution is 7.83. The van der Waals surface area contributed by atoms with Crippen LogP contribution in [0.1, 0.15) is 10.4 Å². The molecule has 0 amide bonds. The molecule has 0 aliphatic carbocycles. The first kappa shape index (κ1) is 18.1. The van der Waals surface area contributed by atoms with Crippen molar-refractivity contribution in [3.63, 3.8) is 0 Å². The molecular formula is C18H11ClN4O4S. The van der Waals surface area contributed by atoms with Crippen LogP contribution in [0.2, 0.25) is 5.02 Å². The molecule has 2 heterocycles. The molecule has 0 saturated carbocycles. The lowest BCUT2D eigenvalue weighted by atomic mass is 10.2. The van der Waals surface area contributed by atoms with Crippen LogP contribution in [-0.4, -0.2) is 34.0 Å². The molecule has 8 nitrogen and oxygen atoms in total. The van der Waals surface area contributed by atoms with Gasteiger partial charge >= 0.3 is 5.97 Å². The van der Waals surface area contributed by atoms with Gasteiger partial charge in [0, 0.05) is 11.2 Å². The maximum Gasteiger partial charge on any atom is 0.338 e. The van der Waals surface area contributed by atoms with Crippen molar-refractivity contribution in [3.05, 3.63) is 81.9 Å². The number of carboxylic acids is 1. The standard InChI is InChI=1S/C18H11ClN4O4S/c19-12-6-7-14-15(8-12)21-18(22-10-11(9-20-22)17(25)26)23(16(14)24)28(27)13-4-2-1-3-5-13/h1-10H,(H,25,26). The highest BCUT2D eigenvalue weighted by Crippen LogP contribution is 2.19. The Hall–Kier alpha value is -3.30. The number of hydrogen-bond donors (Lipinski definition) is 1. The Balaban J connectivity index is 2.04. The van der Waals surface area contributed by atoms with E-state index >= 15 is 0 Å². The van der Waals surface area contributed by atoms with Gasteiger partial charge in [0.25, 0.3) is 5.56 Å². The number of benzene rings is 2. The molecule has 0 fully saturated rings. The normalized spacial score (nSPS) is 12.2. The van der Waals surface area contributed by atoms with Gasteiger partial charge in [-0.2, -0.15) is 9.07 Å². The summed E-state index contributed by atoms with van der Waals surface area (Å²) >= 11 is 6.00. The molecular weight excluding hydrogens is 404 g/mol. The molecule has 2 aromatic carbocycles. The third-order valence-electron chi connectivity index (χ3n) is 3.92. The molecule has 10 heteroatoms. The first-order valence-corrected chi connectivity index (χ1v) is 9.42. The summed E-state index contributed by atoms with van der Waals surface area (Å²) in [4.78, 5) is 29.1. The summed E-state index contributed by atoms with van der Waals surface area (Å²) in [6.07, 6.45) is 2.31. The molecule has 2 aromatic heterocycles. The second-order valence-electron chi connectivity index (χ2n) is 5.71. The van der Waals surface area contributed by atoms with Crippen molar-refractivity contribution < 1.29 is 14.1 Å². The quantitative estimate of drug-likeness (QED) is 0.549. The molecule has 0 aliphatic rings. The van der Waals surface area contributed by atoms with Gasteiger partial charge in [-0.1, -0.05) is 29.8 Å². The summed E-state index contributed by atoms with van der Waals surface area (Å²) in [5.41, 5.74) is -0.384. The zero-order valence-electron chi connectivity index (χ0n) is 14.0. The first-order chi connectivity index (χ1) is 13.5. The van der Waals surface area contributed by atoms with Crippen LogP contribution in [0.3, 0.4) is 0 Å². The molecule has 4 rings (SSSR count). The summed E-state index contributed by atoms with van der Waals surface area (Å²) in [5.74, 6) is -1.28. The number of rotatable bonds is 4. The molecule has 0 saturated heterocycles. The Morgan fingerprint density at radius 2 is 1.89 bits per heavy atom. The van der Waals surface area contributed by atoms with Gasteiger partial charge in [0.15, 0.2) is 11.0 Å². The molecule has 0 radical (unpaired) electrons. The molecule has 1 atom stereocenters. The van der Waals surface area contributed by atoms with E-state index in [1.165, 1.54) is 18.3 Å². The van der Waals surface area contributed by atoms with Crippen molar-refractivity contribution in [1.82, 2.24) is 18.7 Å². The van der Waals surface area contributed by atoms with Crippen LogP contribution in [-0.2, 0) is 11.0 Å². The molecule has 0 spiro atoms. The van der Waals surface area contributed by atoms with Crippen LogP contribution in [0.5, 0.6) is 0 Å². The lowest BCUT2D eigenvalue weighted by molar-refractivity contribution is 0.0697. The highest BCUT2D eigenvalue weighted by atomic mass is 35.5. The topological polar surface area (TPSA) is 107 Å². The largest absolute Gasteiger partial charge is 0.478 e. The van der Waals surface area contributed by atoms with E-state index in [4.69, 9.17) is 16.7 Å². The Bertz CT molecular complexity index is 1300. The Morgan fingerprint density at radius 1 is 1.14 bits per heavy atom. The number of carboxylic acid groups (broad SMARTS) is 1. The summed E-state index contributed by atoms with van der Waals surface area (Å²) in [7, 11) is -1.93. The van der Waals surface area contributed by atoms with E-state index in [-0.39, 0.29) is 22.4 Å². The number of hydrogen-bond acceptors (Lipinski definition) is 5. The highest BCUT2D eigenvalue weighted by Gasteiger charge is 2.20. The fraction of sp³-hybridized carbons (Fsp3) is 0. The zero-order valence-corrected chi connectivity index (χ0v) is 15.6. The molecule has 4 aromatic rings. The number of aromatic carboxylic acids is 1. The summed E-state index contributed by atoms with van der Waals surface area (Å²) < 4.78 is 15.2. The molecule has 0 aliphatic heterocycles. The minimum absolute atomic E-state index is 0.0885. The molecule has 1 N–H and O–H groups in total. The maximum atomic E-state index is 13.2. The molecule has 28 heavy (non-hydrogen) atoms. The second kappa shape index (κ2) is 7.02. The van der Waals surface area contributed by atoms with Crippen molar-refractivity contribution in [3.8, 4) is 5.95 Å².